The number of nitrogens with zero attached hydrogens (tertiary/aromatic N) is 4. The molecule has 1 aliphatic heterocycles. The first-order valence-corrected chi connectivity index (χ1v) is 20.4. The highest BCUT2D eigenvalue weighted by atomic mass is 16.6. The summed E-state index contributed by atoms with van der Waals surface area (Å²) in [4.78, 5) is 45.2. The molecule has 1 aliphatic carbocycles. The third-order valence-corrected chi connectivity index (χ3v) is 11.0. The Labute approximate surface area is 340 Å². The lowest BCUT2D eigenvalue weighted by atomic mass is 9.95. The Morgan fingerprint density at radius 2 is 1.38 bits per heavy atom. The molecular weight excluding hydrogens is 727 g/mol. The molecule has 2 aliphatic rings. The first-order chi connectivity index (χ1) is 27.6. The highest BCUT2D eigenvalue weighted by Gasteiger charge is 2.56. The largest absolute Gasteiger partial charge is 0.444 e. The van der Waals surface area contributed by atoms with E-state index < -0.39 is 17.3 Å². The summed E-state index contributed by atoms with van der Waals surface area (Å²) >= 11 is 0. The molecule has 302 valence electrons. The molecule has 4 atom stereocenters. The number of H-pyrrole nitrogens is 2. The van der Waals surface area contributed by atoms with Crippen molar-refractivity contribution < 1.29 is 19.1 Å². The van der Waals surface area contributed by atoms with E-state index in [1.807, 2.05) is 65.9 Å². The van der Waals surface area contributed by atoms with Crippen LogP contribution >= 0.6 is 0 Å². The number of piperidine rings is 1. The number of aromatic amines is 2. The molecule has 1 unspecified atom stereocenters. The minimum atomic E-state index is -0.633. The molecule has 3 aromatic heterocycles. The number of rotatable bonds is 9. The smallest absolute Gasteiger partial charge is 0.420 e. The summed E-state index contributed by atoms with van der Waals surface area (Å²) in [6.07, 6.45) is 7.77. The molecule has 1 saturated heterocycles. The third-order valence-electron chi connectivity index (χ3n) is 11.0. The number of benzene rings is 3. The summed E-state index contributed by atoms with van der Waals surface area (Å²) in [5, 5.41) is 4.48. The van der Waals surface area contributed by atoms with Crippen molar-refractivity contribution in [2.45, 2.75) is 104 Å². The summed E-state index contributed by atoms with van der Waals surface area (Å²) in [5.41, 5.74) is 7.75. The van der Waals surface area contributed by atoms with Gasteiger partial charge in [0.05, 0.1) is 29.0 Å². The molecule has 8 rings (SSSR count). The van der Waals surface area contributed by atoms with Crippen LogP contribution in [0.15, 0.2) is 85.3 Å². The van der Waals surface area contributed by atoms with Gasteiger partial charge >= 0.3 is 12.2 Å². The monoisotopic (exact) mass is 781 g/mol. The average molecular weight is 782 g/mol. The fraction of sp³-hybridized carbons (Fsp3) is 0.404. The molecule has 11 heteroatoms. The number of hydrogen-bond donors (Lipinski definition) is 3. The molecule has 0 bridgehead atoms. The summed E-state index contributed by atoms with van der Waals surface area (Å²) in [7, 11) is 1.90. The van der Waals surface area contributed by atoms with Crippen LogP contribution in [-0.4, -0.2) is 65.9 Å². The van der Waals surface area contributed by atoms with Crippen molar-refractivity contribution in [3.05, 3.63) is 97.0 Å². The minimum Gasteiger partial charge on any atom is -0.444 e. The van der Waals surface area contributed by atoms with Crippen molar-refractivity contribution in [3.8, 4) is 44.8 Å². The van der Waals surface area contributed by atoms with Crippen molar-refractivity contribution >= 4 is 23.1 Å². The predicted octanol–water partition coefficient (Wildman–Crippen LogP) is 10.9. The van der Waals surface area contributed by atoms with Gasteiger partial charge in [0.1, 0.15) is 22.9 Å². The number of imidazole rings is 2. The number of hydrogen-bond acceptors (Lipinski definition) is 7. The highest BCUT2D eigenvalue weighted by molar-refractivity contribution is 6.03. The van der Waals surface area contributed by atoms with Crippen molar-refractivity contribution in [2.75, 3.05) is 7.05 Å². The predicted molar refractivity (Wildman–Crippen MR) is 228 cm³/mol. The summed E-state index contributed by atoms with van der Waals surface area (Å²) in [6, 6.07) is 23.3. The Bertz CT molecular complexity index is 2440. The lowest BCUT2D eigenvalue weighted by Gasteiger charge is -2.29. The van der Waals surface area contributed by atoms with Crippen LogP contribution in [0.3, 0.4) is 0 Å². The average Bonchev–Trinajstić information content (AvgIpc) is 3.69. The minimum absolute atomic E-state index is 0.108. The molecule has 58 heavy (non-hydrogen) atoms. The maximum atomic E-state index is 13.4. The van der Waals surface area contributed by atoms with Crippen LogP contribution < -0.4 is 5.32 Å². The normalized spacial score (nSPS) is 18.4. The molecule has 1 saturated carbocycles. The fourth-order valence-electron chi connectivity index (χ4n) is 8.28. The van der Waals surface area contributed by atoms with Crippen LogP contribution in [0.1, 0.15) is 98.4 Å². The zero-order chi connectivity index (χ0) is 41.1. The number of nitrogens with one attached hydrogen (secondary N) is 3. The molecule has 0 radical (unpaired) electrons. The lowest BCUT2D eigenvalue weighted by molar-refractivity contribution is 0.0175. The van der Waals surface area contributed by atoms with Crippen LogP contribution in [0.4, 0.5) is 9.59 Å². The van der Waals surface area contributed by atoms with E-state index in [0.29, 0.717) is 23.4 Å². The Hall–Kier alpha value is -5.68. The van der Waals surface area contributed by atoms with E-state index in [4.69, 9.17) is 19.4 Å². The number of aromatic nitrogens is 5. The molecule has 4 heterocycles. The van der Waals surface area contributed by atoms with E-state index in [2.05, 4.69) is 95.9 Å². The Morgan fingerprint density at radius 3 is 2.02 bits per heavy atom. The van der Waals surface area contributed by atoms with Crippen molar-refractivity contribution in [3.63, 3.8) is 0 Å². The highest BCUT2D eigenvalue weighted by Crippen LogP contribution is 2.53. The van der Waals surface area contributed by atoms with Gasteiger partial charge in [0.15, 0.2) is 0 Å². The van der Waals surface area contributed by atoms with Gasteiger partial charge in [-0.25, -0.2) is 24.1 Å². The third kappa shape index (κ3) is 7.92. The molecule has 3 aromatic carbocycles. The number of carbonyl (C=O) groups excluding carboxylic acids is 2. The second-order valence-electron chi connectivity index (χ2n) is 18.3. The summed E-state index contributed by atoms with van der Waals surface area (Å²) < 4.78 is 13.1. The van der Waals surface area contributed by atoms with E-state index in [9.17, 15) is 9.59 Å². The Balaban J connectivity index is 1.02. The maximum Gasteiger partial charge on any atom is 0.420 e. The molecular formula is C47H55N7O4. The van der Waals surface area contributed by atoms with Crippen LogP contribution in [0.5, 0.6) is 0 Å². The van der Waals surface area contributed by atoms with Gasteiger partial charge in [-0.15, -0.1) is 0 Å². The SMILES string of the molecule is CN[C@@H](CC(C)C)c1nc(-c2ccc(-c3ccc(-c4ccc(-c5c[nH]c([C@@H]6C[C@H]7CC7N6C(=O)OC(C)(C)C)n5)cc4)c4[nH]ccc34)cc2)cn1C(=O)OC(C)(C)C. The van der Waals surface area contributed by atoms with Crippen molar-refractivity contribution in [1.29, 1.82) is 0 Å². The topological polar surface area (TPSA) is 130 Å². The van der Waals surface area contributed by atoms with E-state index in [0.717, 1.165) is 75.1 Å². The number of fused-ring (bicyclic) bond motifs is 2. The van der Waals surface area contributed by atoms with Gasteiger partial charge in [0.25, 0.3) is 0 Å². The van der Waals surface area contributed by atoms with Crippen LogP contribution in [0.2, 0.25) is 0 Å². The first-order valence-electron chi connectivity index (χ1n) is 20.4. The second kappa shape index (κ2) is 14.9. The van der Waals surface area contributed by atoms with Crippen molar-refractivity contribution in [2.24, 2.45) is 11.8 Å². The second-order valence-corrected chi connectivity index (χ2v) is 18.3. The molecule has 3 N–H and O–H groups in total. The molecule has 0 spiro atoms. The Morgan fingerprint density at radius 1 is 0.776 bits per heavy atom. The zero-order valence-electron chi connectivity index (χ0n) is 35.0. The van der Waals surface area contributed by atoms with Crippen LogP contribution in [-0.2, 0) is 9.47 Å². The van der Waals surface area contributed by atoms with Gasteiger partial charge in [-0.3, -0.25) is 4.90 Å². The van der Waals surface area contributed by atoms with E-state index in [1.54, 1.807) is 10.8 Å². The molecule has 6 aromatic rings. The van der Waals surface area contributed by atoms with Gasteiger partial charge in [0, 0.05) is 46.7 Å². The number of amides is 1. The summed E-state index contributed by atoms with van der Waals surface area (Å²) in [6.45, 7) is 15.6. The summed E-state index contributed by atoms with van der Waals surface area (Å²) in [5.74, 6) is 2.37. The van der Waals surface area contributed by atoms with Crippen LogP contribution in [0, 0.1) is 11.8 Å². The molecule has 1 amide bonds. The van der Waals surface area contributed by atoms with Gasteiger partial charge < -0.3 is 24.8 Å². The molecule has 2 fully saturated rings. The quantitative estimate of drug-likeness (QED) is 0.133. The van der Waals surface area contributed by atoms with Gasteiger partial charge in [0.2, 0.25) is 0 Å². The number of carbonyl (C=O) groups is 2. The Kier molecular flexibility index (Phi) is 10.1. The van der Waals surface area contributed by atoms with Gasteiger partial charge in [-0.05, 0) is 102 Å². The first kappa shape index (κ1) is 39.2. The lowest BCUT2D eigenvalue weighted by Crippen LogP contribution is -2.38. The zero-order valence-corrected chi connectivity index (χ0v) is 35.0. The standard InChI is InChI=1S/C47H55N7O4/c1-27(2)22-36(48-9)43-52-38(26-53(43)44(55)57-46(3,4)5)31-16-10-28(11-17-31)33-18-19-34(41-35(33)20-21-49-41)29-12-14-30(15-13-29)37-25-50-42(51-37)40-24-32-23-39(32)54(40)45(56)58-47(6,7)8/h10-21,25-27,32,36,39-40,48-49H,22-24H2,1-9H3,(H,50,51)/t32-,36+,39?,40+/m1/s1. The number of ether oxygens (including phenoxy) is 2. The number of likely N-dealkylation sites (tertiary alicyclic amines) is 1. The maximum absolute atomic E-state index is 13.4. The molecule has 11 nitrogen and oxygen atoms in total. The van der Waals surface area contributed by atoms with Crippen LogP contribution in [0.25, 0.3) is 55.7 Å². The van der Waals surface area contributed by atoms with Gasteiger partial charge in [-0.1, -0.05) is 74.5 Å². The van der Waals surface area contributed by atoms with E-state index >= 15 is 0 Å². The van der Waals surface area contributed by atoms with E-state index in [-0.39, 0.29) is 24.2 Å². The van der Waals surface area contributed by atoms with Crippen molar-refractivity contribution in [1.82, 2.24) is 34.7 Å². The van der Waals surface area contributed by atoms with Gasteiger partial charge in [-0.2, -0.15) is 0 Å². The fourth-order valence-corrected chi connectivity index (χ4v) is 8.28. The van der Waals surface area contributed by atoms with E-state index in [1.165, 1.54) is 0 Å².